The fourth-order valence-electron chi connectivity index (χ4n) is 2.08. The van der Waals surface area contributed by atoms with Crippen LogP contribution in [0.15, 0.2) is 18.2 Å². The topological polar surface area (TPSA) is 62.4 Å². The number of H-pyrrole nitrogens is 1. The van der Waals surface area contributed by atoms with E-state index < -0.39 is 0 Å². The molecule has 0 spiro atoms. The fourth-order valence-corrected chi connectivity index (χ4v) is 2.08. The van der Waals surface area contributed by atoms with Crippen LogP contribution < -0.4 is 4.74 Å². The predicted molar refractivity (Wildman–Crippen MR) is 93.7 cm³/mol. The van der Waals surface area contributed by atoms with Crippen molar-refractivity contribution in [3.05, 3.63) is 29.5 Å². The molecule has 0 aliphatic rings. The van der Waals surface area contributed by atoms with Crippen molar-refractivity contribution in [2.45, 2.75) is 27.7 Å². The number of ketones is 2. The Balaban J connectivity index is 0.00000127. The maximum Gasteiger partial charge on any atom is 0.175 e. The van der Waals surface area contributed by atoms with Crippen molar-refractivity contribution in [1.29, 1.82) is 0 Å². The molecule has 0 saturated carbocycles. The number of nitrogens with one attached hydrogen (secondary N) is 1. The number of nitrogens with zero attached hydrogens (tertiary/aromatic N) is 1. The van der Waals surface area contributed by atoms with Crippen LogP contribution in [0.5, 0.6) is 5.75 Å². The Morgan fingerprint density at radius 3 is 2.26 bits per heavy atom. The van der Waals surface area contributed by atoms with Crippen LogP contribution in [0.3, 0.4) is 0 Å². The SMILES string of the molecule is CC.CC(=O)c1cc2cc(C(C)=O)c(OCCN(C)C)cc2[nH]1. The van der Waals surface area contributed by atoms with E-state index in [2.05, 4.69) is 4.98 Å². The highest BCUT2D eigenvalue weighted by Gasteiger charge is 2.13. The van der Waals surface area contributed by atoms with Crippen LogP contribution in [0.1, 0.15) is 48.5 Å². The number of carbonyl (C=O) groups is 2. The summed E-state index contributed by atoms with van der Waals surface area (Å²) < 4.78 is 5.72. The first-order valence-corrected chi connectivity index (χ1v) is 7.84. The maximum absolute atomic E-state index is 11.8. The zero-order valence-corrected chi connectivity index (χ0v) is 14.8. The van der Waals surface area contributed by atoms with Gasteiger partial charge in [0.1, 0.15) is 12.4 Å². The largest absolute Gasteiger partial charge is 0.491 e. The van der Waals surface area contributed by atoms with Gasteiger partial charge in [-0.3, -0.25) is 9.59 Å². The monoisotopic (exact) mass is 318 g/mol. The van der Waals surface area contributed by atoms with Crippen molar-refractivity contribution in [2.24, 2.45) is 0 Å². The summed E-state index contributed by atoms with van der Waals surface area (Å²) in [5.74, 6) is 0.460. The summed E-state index contributed by atoms with van der Waals surface area (Å²) in [5.41, 5.74) is 1.87. The number of rotatable bonds is 6. The molecule has 23 heavy (non-hydrogen) atoms. The second-order valence-corrected chi connectivity index (χ2v) is 5.38. The van der Waals surface area contributed by atoms with Crippen LogP contribution in [-0.2, 0) is 0 Å². The molecular formula is C18H26N2O3. The summed E-state index contributed by atoms with van der Waals surface area (Å²) in [7, 11) is 3.92. The quantitative estimate of drug-likeness (QED) is 0.828. The Bertz CT molecular complexity index is 687. The number of Topliss-reactive ketones (excluding diaryl/α,β-unsaturated/α-hetero) is 2. The van der Waals surface area contributed by atoms with Gasteiger partial charge in [-0.15, -0.1) is 0 Å². The van der Waals surface area contributed by atoms with Crippen LogP contribution in [0.4, 0.5) is 0 Å². The minimum absolute atomic E-state index is 0.0364. The molecule has 0 fully saturated rings. The van der Waals surface area contributed by atoms with Crippen LogP contribution in [0.2, 0.25) is 0 Å². The van der Waals surface area contributed by atoms with Gasteiger partial charge in [-0.2, -0.15) is 0 Å². The molecular weight excluding hydrogens is 292 g/mol. The minimum atomic E-state index is -0.0534. The molecule has 1 aromatic carbocycles. The number of hydrogen-bond donors (Lipinski definition) is 1. The Morgan fingerprint density at radius 2 is 1.74 bits per heavy atom. The molecule has 0 amide bonds. The van der Waals surface area contributed by atoms with Crippen LogP contribution in [0.25, 0.3) is 10.9 Å². The van der Waals surface area contributed by atoms with Crippen molar-refractivity contribution in [1.82, 2.24) is 9.88 Å². The third-order valence-corrected chi connectivity index (χ3v) is 3.28. The molecule has 2 rings (SSSR count). The lowest BCUT2D eigenvalue weighted by Gasteiger charge is -2.13. The zero-order chi connectivity index (χ0) is 17.6. The molecule has 1 heterocycles. The van der Waals surface area contributed by atoms with E-state index in [1.165, 1.54) is 13.8 Å². The zero-order valence-electron chi connectivity index (χ0n) is 14.8. The highest BCUT2D eigenvalue weighted by atomic mass is 16.5. The highest BCUT2D eigenvalue weighted by Crippen LogP contribution is 2.27. The van der Waals surface area contributed by atoms with E-state index in [4.69, 9.17) is 4.74 Å². The lowest BCUT2D eigenvalue weighted by Crippen LogP contribution is -2.20. The van der Waals surface area contributed by atoms with Gasteiger partial charge < -0.3 is 14.6 Å². The summed E-state index contributed by atoms with van der Waals surface area (Å²) in [4.78, 5) is 28.3. The summed E-state index contributed by atoms with van der Waals surface area (Å²) in [6.07, 6.45) is 0. The van der Waals surface area contributed by atoms with Crippen molar-refractivity contribution >= 4 is 22.5 Å². The van der Waals surface area contributed by atoms with Gasteiger partial charge in [0.05, 0.1) is 11.3 Å². The summed E-state index contributed by atoms with van der Waals surface area (Å²) in [6, 6.07) is 5.31. The van der Waals surface area contributed by atoms with Crippen molar-refractivity contribution in [3.8, 4) is 5.75 Å². The van der Waals surface area contributed by atoms with Gasteiger partial charge in [0.25, 0.3) is 0 Å². The second-order valence-electron chi connectivity index (χ2n) is 5.38. The first-order valence-electron chi connectivity index (χ1n) is 7.84. The molecule has 5 heteroatoms. The van der Waals surface area contributed by atoms with E-state index in [0.717, 1.165) is 17.4 Å². The number of benzene rings is 1. The summed E-state index contributed by atoms with van der Waals surface area (Å²) in [5, 5.41) is 0.838. The summed E-state index contributed by atoms with van der Waals surface area (Å²) in [6.45, 7) is 8.28. The Kier molecular flexibility index (Phi) is 6.97. The number of ether oxygens (including phenoxy) is 1. The molecule has 0 unspecified atom stereocenters. The summed E-state index contributed by atoms with van der Waals surface area (Å²) >= 11 is 0. The number of hydrogen-bond acceptors (Lipinski definition) is 4. The number of aromatic amines is 1. The lowest BCUT2D eigenvalue weighted by atomic mass is 10.1. The van der Waals surface area contributed by atoms with E-state index >= 15 is 0 Å². The smallest absolute Gasteiger partial charge is 0.175 e. The first-order chi connectivity index (χ1) is 10.9. The lowest BCUT2D eigenvalue weighted by molar-refractivity contribution is 0.100. The highest BCUT2D eigenvalue weighted by molar-refractivity contribution is 6.03. The van der Waals surface area contributed by atoms with Crippen molar-refractivity contribution in [3.63, 3.8) is 0 Å². The second kappa shape index (κ2) is 8.48. The van der Waals surface area contributed by atoms with E-state index in [0.29, 0.717) is 23.6 Å². The van der Waals surface area contributed by atoms with Gasteiger partial charge in [0.2, 0.25) is 0 Å². The Hall–Kier alpha value is -2.14. The number of likely N-dealkylation sites (N-methyl/N-ethyl adjacent to an activating group) is 1. The molecule has 1 N–H and O–H groups in total. The molecule has 0 atom stereocenters. The van der Waals surface area contributed by atoms with Crippen molar-refractivity contribution in [2.75, 3.05) is 27.2 Å². The van der Waals surface area contributed by atoms with E-state index in [1.807, 2.05) is 32.8 Å². The fraction of sp³-hybridized carbons (Fsp3) is 0.444. The molecule has 5 nitrogen and oxygen atoms in total. The predicted octanol–water partition coefficient (Wildman–Crippen LogP) is 3.54. The first kappa shape index (κ1) is 18.9. The third-order valence-electron chi connectivity index (χ3n) is 3.28. The van der Waals surface area contributed by atoms with Gasteiger partial charge in [-0.25, -0.2) is 0 Å². The molecule has 0 radical (unpaired) electrons. The van der Waals surface area contributed by atoms with E-state index in [9.17, 15) is 9.59 Å². The van der Waals surface area contributed by atoms with Crippen LogP contribution in [-0.4, -0.2) is 48.7 Å². The standard InChI is InChI=1S/C16H20N2O3.C2H6/c1-10(19)13-7-12-8-14(11(2)20)17-15(12)9-16(13)21-6-5-18(3)4;1-2/h7-9,17H,5-6H2,1-4H3;1-2H3. The third kappa shape index (κ3) is 4.93. The van der Waals surface area contributed by atoms with Gasteiger partial charge in [0, 0.05) is 30.4 Å². The van der Waals surface area contributed by atoms with Gasteiger partial charge in [-0.1, -0.05) is 13.8 Å². The van der Waals surface area contributed by atoms with Gasteiger partial charge in [-0.05, 0) is 33.2 Å². The van der Waals surface area contributed by atoms with Gasteiger partial charge in [0.15, 0.2) is 11.6 Å². The molecule has 0 aliphatic heterocycles. The molecule has 126 valence electrons. The number of aromatic nitrogens is 1. The Labute approximate surface area is 137 Å². The van der Waals surface area contributed by atoms with Gasteiger partial charge >= 0.3 is 0 Å². The molecule has 0 aliphatic carbocycles. The minimum Gasteiger partial charge on any atom is -0.491 e. The van der Waals surface area contributed by atoms with Crippen LogP contribution >= 0.6 is 0 Å². The number of carbonyl (C=O) groups excluding carboxylic acids is 2. The maximum atomic E-state index is 11.8. The molecule has 0 saturated heterocycles. The Morgan fingerprint density at radius 1 is 1.09 bits per heavy atom. The van der Waals surface area contributed by atoms with E-state index in [1.54, 1.807) is 18.2 Å². The molecule has 0 bridgehead atoms. The average molecular weight is 318 g/mol. The van der Waals surface area contributed by atoms with Crippen LogP contribution in [0, 0.1) is 0 Å². The molecule has 2 aromatic rings. The van der Waals surface area contributed by atoms with Crippen molar-refractivity contribution < 1.29 is 14.3 Å². The number of fused-ring (bicyclic) bond motifs is 1. The van der Waals surface area contributed by atoms with E-state index in [-0.39, 0.29) is 11.6 Å². The normalized spacial score (nSPS) is 10.4. The average Bonchev–Trinajstić information content (AvgIpc) is 2.91. The molecule has 1 aromatic heterocycles.